The Bertz CT molecular complexity index is 242. The van der Waals surface area contributed by atoms with Crippen molar-refractivity contribution in [1.82, 2.24) is 10.6 Å². The van der Waals surface area contributed by atoms with E-state index in [0.29, 0.717) is 0 Å². The fraction of sp³-hybridized carbons (Fsp3) is 0.923. The summed E-state index contributed by atoms with van der Waals surface area (Å²) in [6.07, 6.45) is 8.30. The molecule has 2 rings (SSSR count). The van der Waals surface area contributed by atoms with Crippen LogP contribution in [-0.4, -0.2) is 25.0 Å². The van der Waals surface area contributed by atoms with Gasteiger partial charge in [0.2, 0.25) is 5.91 Å². The lowest BCUT2D eigenvalue weighted by Crippen LogP contribution is -2.38. The van der Waals surface area contributed by atoms with Crippen molar-refractivity contribution in [2.45, 2.75) is 57.9 Å². The quantitative estimate of drug-likeness (QED) is 0.676. The lowest BCUT2D eigenvalue weighted by Gasteiger charge is -2.22. The first-order valence-electron chi connectivity index (χ1n) is 6.72. The Morgan fingerprint density at radius 1 is 1.25 bits per heavy atom. The molecule has 0 heterocycles. The number of carbonyl (C=O) groups is 1. The Hall–Kier alpha value is -0.570. The van der Waals surface area contributed by atoms with E-state index in [0.717, 1.165) is 38.4 Å². The molecule has 0 aromatic carbocycles. The van der Waals surface area contributed by atoms with Gasteiger partial charge in [0.15, 0.2) is 0 Å². The number of rotatable bonds is 6. The zero-order valence-electron chi connectivity index (χ0n) is 10.3. The average molecular weight is 224 g/mol. The van der Waals surface area contributed by atoms with Gasteiger partial charge in [0.1, 0.15) is 0 Å². The summed E-state index contributed by atoms with van der Waals surface area (Å²) in [6.45, 7) is 3.98. The van der Waals surface area contributed by atoms with E-state index in [9.17, 15) is 4.79 Å². The van der Waals surface area contributed by atoms with Crippen LogP contribution in [-0.2, 0) is 4.79 Å². The van der Waals surface area contributed by atoms with Crippen molar-refractivity contribution in [3.8, 4) is 0 Å². The molecule has 3 heteroatoms. The molecule has 2 fully saturated rings. The third kappa shape index (κ3) is 3.21. The number of amides is 1. The predicted octanol–water partition coefficient (Wildman–Crippen LogP) is 1.82. The van der Waals surface area contributed by atoms with E-state index in [1.165, 1.54) is 25.7 Å². The van der Waals surface area contributed by atoms with E-state index in [1.54, 1.807) is 0 Å². The summed E-state index contributed by atoms with van der Waals surface area (Å²) in [4.78, 5) is 11.9. The Balaban J connectivity index is 1.55. The third-order valence-corrected chi connectivity index (χ3v) is 3.90. The molecule has 2 aliphatic rings. The van der Waals surface area contributed by atoms with Crippen molar-refractivity contribution in [1.29, 1.82) is 0 Å². The van der Waals surface area contributed by atoms with Crippen LogP contribution in [0.2, 0.25) is 0 Å². The number of nitrogens with one attached hydrogen (secondary N) is 2. The molecule has 16 heavy (non-hydrogen) atoms. The Labute approximate surface area is 98.4 Å². The van der Waals surface area contributed by atoms with Crippen molar-refractivity contribution < 1.29 is 4.79 Å². The molecule has 2 N–H and O–H groups in total. The molecule has 2 saturated carbocycles. The summed E-state index contributed by atoms with van der Waals surface area (Å²) in [6, 6.07) is 0.781. The van der Waals surface area contributed by atoms with Gasteiger partial charge in [-0.15, -0.1) is 0 Å². The van der Waals surface area contributed by atoms with Gasteiger partial charge in [-0.25, -0.2) is 0 Å². The van der Waals surface area contributed by atoms with Crippen molar-refractivity contribution in [3.05, 3.63) is 0 Å². The summed E-state index contributed by atoms with van der Waals surface area (Å²) in [5.41, 5.74) is -0.0656. The lowest BCUT2D eigenvalue weighted by atomic mass is 9.88. The summed E-state index contributed by atoms with van der Waals surface area (Å²) < 4.78 is 0. The van der Waals surface area contributed by atoms with Crippen LogP contribution < -0.4 is 10.6 Å². The second-order valence-corrected chi connectivity index (χ2v) is 5.61. The van der Waals surface area contributed by atoms with Gasteiger partial charge in [0.25, 0.3) is 0 Å². The van der Waals surface area contributed by atoms with Crippen LogP contribution in [0.4, 0.5) is 0 Å². The van der Waals surface area contributed by atoms with Crippen LogP contribution in [0.5, 0.6) is 0 Å². The van der Waals surface area contributed by atoms with Crippen LogP contribution in [0.25, 0.3) is 0 Å². The normalized spacial score (nSPS) is 23.3. The maximum Gasteiger partial charge on any atom is 0.225 e. The molecule has 0 aliphatic heterocycles. The highest BCUT2D eigenvalue weighted by molar-refractivity contribution is 5.82. The summed E-state index contributed by atoms with van der Waals surface area (Å²) in [7, 11) is 0. The van der Waals surface area contributed by atoms with Crippen LogP contribution in [0, 0.1) is 5.41 Å². The molecule has 0 spiro atoms. The SMILES string of the molecule is CC1(C(=O)NCCCNC2CC2)CCCC1. The molecule has 3 nitrogen and oxygen atoms in total. The van der Waals surface area contributed by atoms with Crippen LogP contribution >= 0.6 is 0 Å². The van der Waals surface area contributed by atoms with Crippen LogP contribution in [0.3, 0.4) is 0 Å². The van der Waals surface area contributed by atoms with Gasteiger partial charge >= 0.3 is 0 Å². The Morgan fingerprint density at radius 2 is 1.94 bits per heavy atom. The van der Waals surface area contributed by atoms with Crippen molar-refractivity contribution in [2.24, 2.45) is 5.41 Å². The van der Waals surface area contributed by atoms with Crippen molar-refractivity contribution >= 4 is 5.91 Å². The van der Waals surface area contributed by atoms with Gasteiger partial charge in [-0.1, -0.05) is 19.8 Å². The first-order valence-corrected chi connectivity index (χ1v) is 6.72. The van der Waals surface area contributed by atoms with E-state index >= 15 is 0 Å². The smallest absolute Gasteiger partial charge is 0.225 e. The second-order valence-electron chi connectivity index (χ2n) is 5.61. The molecular formula is C13H24N2O. The number of carbonyl (C=O) groups excluding carboxylic acids is 1. The van der Waals surface area contributed by atoms with E-state index in [1.807, 2.05) is 0 Å². The summed E-state index contributed by atoms with van der Waals surface area (Å²) in [5, 5.41) is 6.54. The molecule has 0 saturated heterocycles. The standard InChI is InChI=1S/C13H24N2O/c1-13(7-2-3-8-13)12(16)15-10-4-9-14-11-5-6-11/h11,14H,2-10H2,1H3,(H,15,16). The maximum atomic E-state index is 11.9. The lowest BCUT2D eigenvalue weighted by molar-refractivity contribution is -0.129. The zero-order valence-corrected chi connectivity index (χ0v) is 10.3. The second kappa shape index (κ2) is 5.17. The summed E-state index contributed by atoms with van der Waals surface area (Å²) in [5.74, 6) is 0.274. The van der Waals surface area contributed by atoms with Crippen molar-refractivity contribution in [3.63, 3.8) is 0 Å². The molecule has 0 aromatic heterocycles. The number of hydrogen-bond donors (Lipinski definition) is 2. The molecular weight excluding hydrogens is 200 g/mol. The molecule has 0 radical (unpaired) electrons. The Kier molecular flexibility index (Phi) is 3.85. The molecule has 2 aliphatic carbocycles. The maximum absolute atomic E-state index is 11.9. The van der Waals surface area contributed by atoms with Gasteiger partial charge in [-0.2, -0.15) is 0 Å². The van der Waals surface area contributed by atoms with Crippen LogP contribution in [0.1, 0.15) is 51.9 Å². The highest BCUT2D eigenvalue weighted by atomic mass is 16.2. The average Bonchev–Trinajstić information content (AvgIpc) is 2.99. The highest BCUT2D eigenvalue weighted by Gasteiger charge is 2.35. The predicted molar refractivity (Wildman–Crippen MR) is 65.2 cm³/mol. The van der Waals surface area contributed by atoms with Gasteiger partial charge < -0.3 is 10.6 Å². The molecule has 0 bridgehead atoms. The zero-order chi connectivity index (χ0) is 11.4. The monoisotopic (exact) mass is 224 g/mol. The Morgan fingerprint density at radius 3 is 2.56 bits per heavy atom. The van der Waals surface area contributed by atoms with Gasteiger partial charge in [-0.3, -0.25) is 4.79 Å². The largest absolute Gasteiger partial charge is 0.356 e. The van der Waals surface area contributed by atoms with Crippen LogP contribution in [0.15, 0.2) is 0 Å². The van der Waals surface area contributed by atoms with Crippen molar-refractivity contribution in [2.75, 3.05) is 13.1 Å². The molecule has 0 unspecified atom stereocenters. The first kappa shape index (κ1) is 11.9. The minimum absolute atomic E-state index is 0.0656. The third-order valence-electron chi connectivity index (χ3n) is 3.90. The highest BCUT2D eigenvalue weighted by Crippen LogP contribution is 2.37. The minimum atomic E-state index is -0.0656. The minimum Gasteiger partial charge on any atom is -0.356 e. The first-order chi connectivity index (χ1) is 7.71. The molecule has 92 valence electrons. The molecule has 1 amide bonds. The van der Waals surface area contributed by atoms with E-state index < -0.39 is 0 Å². The topological polar surface area (TPSA) is 41.1 Å². The fourth-order valence-corrected chi connectivity index (χ4v) is 2.48. The van der Waals surface area contributed by atoms with Gasteiger partial charge in [0, 0.05) is 18.0 Å². The molecule has 0 atom stereocenters. The van der Waals surface area contributed by atoms with E-state index in [4.69, 9.17) is 0 Å². The van der Waals surface area contributed by atoms with E-state index in [2.05, 4.69) is 17.6 Å². The van der Waals surface area contributed by atoms with E-state index in [-0.39, 0.29) is 11.3 Å². The fourth-order valence-electron chi connectivity index (χ4n) is 2.48. The van der Waals surface area contributed by atoms with Gasteiger partial charge in [0.05, 0.1) is 0 Å². The summed E-state index contributed by atoms with van der Waals surface area (Å²) >= 11 is 0. The number of hydrogen-bond acceptors (Lipinski definition) is 2. The molecule has 0 aromatic rings. The van der Waals surface area contributed by atoms with Gasteiger partial charge in [-0.05, 0) is 38.6 Å².